The summed E-state index contributed by atoms with van der Waals surface area (Å²) < 4.78 is 1.99. The number of nitrogens with zero attached hydrogens (tertiary/aromatic N) is 4. The molecule has 1 aliphatic heterocycles. The smallest absolute Gasteiger partial charge is 0.131 e. The highest BCUT2D eigenvalue weighted by atomic mass is 15.4. The summed E-state index contributed by atoms with van der Waals surface area (Å²) in [6.07, 6.45) is 7.37. The average Bonchev–Trinajstić information content (AvgIpc) is 2.81. The molecule has 2 aromatic rings. The predicted octanol–water partition coefficient (Wildman–Crippen LogP) is 1.22. The SMILES string of the molecule is c1cc2c(cn1)nnn2CCC1CCCNC1. The zero-order valence-electron chi connectivity index (χ0n) is 9.84. The summed E-state index contributed by atoms with van der Waals surface area (Å²) in [6.45, 7) is 3.27. The van der Waals surface area contributed by atoms with E-state index in [0.29, 0.717) is 0 Å². The Morgan fingerprint density at radius 2 is 2.47 bits per heavy atom. The largest absolute Gasteiger partial charge is 0.316 e. The highest BCUT2D eigenvalue weighted by molar-refractivity contribution is 5.72. The summed E-state index contributed by atoms with van der Waals surface area (Å²) in [7, 11) is 0. The van der Waals surface area contributed by atoms with Gasteiger partial charge in [0.25, 0.3) is 0 Å². The molecule has 0 bridgehead atoms. The maximum atomic E-state index is 4.19. The minimum absolute atomic E-state index is 0.782. The fraction of sp³-hybridized carbons (Fsp3) is 0.583. The van der Waals surface area contributed by atoms with Crippen LogP contribution in [0.4, 0.5) is 0 Å². The highest BCUT2D eigenvalue weighted by Gasteiger charge is 2.13. The summed E-state index contributed by atoms with van der Waals surface area (Å²) in [5.74, 6) is 0.782. The van der Waals surface area contributed by atoms with E-state index in [1.54, 1.807) is 12.4 Å². The van der Waals surface area contributed by atoms with Gasteiger partial charge in [-0.25, -0.2) is 4.68 Å². The van der Waals surface area contributed by atoms with Crippen LogP contribution in [-0.4, -0.2) is 33.1 Å². The number of piperidine rings is 1. The highest BCUT2D eigenvalue weighted by Crippen LogP contribution is 2.16. The summed E-state index contributed by atoms with van der Waals surface area (Å²) in [5.41, 5.74) is 1.97. The van der Waals surface area contributed by atoms with E-state index in [2.05, 4.69) is 20.6 Å². The lowest BCUT2D eigenvalue weighted by molar-refractivity contribution is 0.336. The van der Waals surface area contributed by atoms with Gasteiger partial charge in [0.15, 0.2) is 0 Å². The van der Waals surface area contributed by atoms with Crippen molar-refractivity contribution in [2.24, 2.45) is 5.92 Å². The number of hydrogen-bond donors (Lipinski definition) is 1. The number of fused-ring (bicyclic) bond motifs is 1. The van der Waals surface area contributed by atoms with Gasteiger partial charge in [0.05, 0.1) is 11.7 Å². The lowest BCUT2D eigenvalue weighted by Crippen LogP contribution is -2.30. The fourth-order valence-corrected chi connectivity index (χ4v) is 2.46. The third-order valence-electron chi connectivity index (χ3n) is 3.46. The van der Waals surface area contributed by atoms with Crippen molar-refractivity contribution < 1.29 is 0 Å². The second-order valence-corrected chi connectivity index (χ2v) is 4.68. The normalized spacial score (nSPS) is 20.8. The Bertz CT molecular complexity index is 486. The summed E-state index contributed by atoms with van der Waals surface area (Å²) in [5, 5.41) is 11.8. The van der Waals surface area contributed by atoms with Crippen molar-refractivity contribution >= 4 is 11.0 Å². The zero-order chi connectivity index (χ0) is 11.5. The third-order valence-corrected chi connectivity index (χ3v) is 3.46. The number of nitrogens with one attached hydrogen (secondary N) is 1. The van der Waals surface area contributed by atoms with Gasteiger partial charge in [0.2, 0.25) is 0 Å². The molecule has 1 atom stereocenters. The maximum absolute atomic E-state index is 4.19. The van der Waals surface area contributed by atoms with Crippen molar-refractivity contribution in [2.45, 2.75) is 25.8 Å². The molecule has 1 fully saturated rings. The molecular formula is C12H17N5. The summed E-state index contributed by atoms with van der Waals surface area (Å²) in [6, 6.07) is 1.98. The second-order valence-electron chi connectivity index (χ2n) is 4.68. The molecule has 17 heavy (non-hydrogen) atoms. The molecule has 5 nitrogen and oxygen atoms in total. The minimum atomic E-state index is 0.782. The van der Waals surface area contributed by atoms with Gasteiger partial charge in [0, 0.05) is 12.7 Å². The Balaban J connectivity index is 1.68. The maximum Gasteiger partial charge on any atom is 0.131 e. The first-order valence-electron chi connectivity index (χ1n) is 6.27. The van der Waals surface area contributed by atoms with Crippen LogP contribution in [0.2, 0.25) is 0 Å². The first-order chi connectivity index (χ1) is 8.43. The molecular weight excluding hydrogens is 214 g/mol. The average molecular weight is 231 g/mol. The van der Waals surface area contributed by atoms with Crippen LogP contribution < -0.4 is 5.32 Å². The minimum Gasteiger partial charge on any atom is -0.316 e. The fourth-order valence-electron chi connectivity index (χ4n) is 2.46. The van der Waals surface area contributed by atoms with Gasteiger partial charge >= 0.3 is 0 Å². The number of hydrogen-bond acceptors (Lipinski definition) is 4. The van der Waals surface area contributed by atoms with Crippen molar-refractivity contribution in [3.8, 4) is 0 Å². The lowest BCUT2D eigenvalue weighted by Gasteiger charge is -2.22. The van der Waals surface area contributed by atoms with Crippen molar-refractivity contribution in [1.82, 2.24) is 25.3 Å². The van der Waals surface area contributed by atoms with E-state index in [1.807, 2.05) is 10.7 Å². The van der Waals surface area contributed by atoms with Crippen molar-refractivity contribution in [3.63, 3.8) is 0 Å². The second kappa shape index (κ2) is 4.79. The van der Waals surface area contributed by atoms with E-state index >= 15 is 0 Å². The van der Waals surface area contributed by atoms with Crippen LogP contribution in [-0.2, 0) is 6.54 Å². The molecule has 2 aromatic heterocycles. The molecule has 0 spiro atoms. The van der Waals surface area contributed by atoms with Crippen LogP contribution in [0.15, 0.2) is 18.5 Å². The first-order valence-corrected chi connectivity index (χ1v) is 6.27. The molecule has 5 heteroatoms. The van der Waals surface area contributed by atoms with E-state index in [1.165, 1.54) is 25.8 Å². The Morgan fingerprint density at radius 3 is 3.35 bits per heavy atom. The molecule has 90 valence electrons. The molecule has 3 rings (SSSR count). The van der Waals surface area contributed by atoms with Gasteiger partial charge in [-0.15, -0.1) is 5.10 Å². The van der Waals surface area contributed by atoms with E-state index in [9.17, 15) is 0 Å². The summed E-state index contributed by atoms with van der Waals surface area (Å²) >= 11 is 0. The van der Waals surface area contributed by atoms with Gasteiger partial charge < -0.3 is 5.32 Å². The van der Waals surface area contributed by atoms with Crippen LogP contribution in [0.25, 0.3) is 11.0 Å². The van der Waals surface area contributed by atoms with Gasteiger partial charge in [-0.3, -0.25) is 4.98 Å². The van der Waals surface area contributed by atoms with E-state index in [4.69, 9.17) is 0 Å². The van der Waals surface area contributed by atoms with Gasteiger partial charge in [-0.1, -0.05) is 5.21 Å². The van der Waals surface area contributed by atoms with E-state index in [0.717, 1.165) is 30.0 Å². The van der Waals surface area contributed by atoms with Gasteiger partial charge in [0.1, 0.15) is 5.52 Å². The summed E-state index contributed by atoms with van der Waals surface area (Å²) in [4.78, 5) is 4.05. The molecule has 1 N–H and O–H groups in total. The molecule has 0 aliphatic carbocycles. The van der Waals surface area contributed by atoms with Crippen LogP contribution in [0.5, 0.6) is 0 Å². The number of pyridine rings is 1. The quantitative estimate of drug-likeness (QED) is 0.863. The molecule has 3 heterocycles. The lowest BCUT2D eigenvalue weighted by atomic mass is 9.96. The Hall–Kier alpha value is -1.49. The molecule has 0 aromatic carbocycles. The van der Waals surface area contributed by atoms with Crippen LogP contribution in [0.1, 0.15) is 19.3 Å². The molecule has 1 unspecified atom stereocenters. The van der Waals surface area contributed by atoms with Crippen molar-refractivity contribution in [3.05, 3.63) is 18.5 Å². The Kier molecular flexibility index (Phi) is 3.00. The van der Waals surface area contributed by atoms with Gasteiger partial charge in [-0.2, -0.15) is 0 Å². The third kappa shape index (κ3) is 2.29. The molecule has 1 aliphatic rings. The number of rotatable bonds is 3. The molecule has 0 radical (unpaired) electrons. The van der Waals surface area contributed by atoms with Crippen LogP contribution in [0.3, 0.4) is 0 Å². The van der Waals surface area contributed by atoms with E-state index < -0.39 is 0 Å². The first kappa shape index (κ1) is 10.7. The van der Waals surface area contributed by atoms with Crippen LogP contribution >= 0.6 is 0 Å². The zero-order valence-corrected chi connectivity index (χ0v) is 9.84. The van der Waals surface area contributed by atoms with Crippen molar-refractivity contribution in [2.75, 3.05) is 13.1 Å². The predicted molar refractivity (Wildman–Crippen MR) is 65.5 cm³/mol. The number of aryl methyl sites for hydroxylation is 1. The number of aromatic nitrogens is 4. The molecule has 0 saturated carbocycles. The Labute approximate surface area is 100 Å². The van der Waals surface area contributed by atoms with E-state index in [-0.39, 0.29) is 0 Å². The van der Waals surface area contributed by atoms with Gasteiger partial charge in [-0.05, 0) is 44.3 Å². The molecule has 0 amide bonds. The van der Waals surface area contributed by atoms with Crippen molar-refractivity contribution in [1.29, 1.82) is 0 Å². The topological polar surface area (TPSA) is 55.6 Å². The monoisotopic (exact) mass is 231 g/mol. The Morgan fingerprint density at radius 1 is 1.47 bits per heavy atom. The standard InChI is InChI=1S/C12H17N5/c1-2-10(8-13-5-1)4-7-17-12-3-6-14-9-11(12)15-16-17/h3,6,9-10,13H,1-2,4-5,7-8H2. The molecule has 1 saturated heterocycles. The van der Waals surface area contributed by atoms with Crippen LogP contribution in [0, 0.1) is 5.92 Å².